The van der Waals surface area contributed by atoms with Crippen molar-refractivity contribution < 1.29 is 8.42 Å². The van der Waals surface area contributed by atoms with Gasteiger partial charge in [-0.1, -0.05) is 27.7 Å². The molecule has 1 aliphatic rings. The lowest BCUT2D eigenvalue weighted by Crippen LogP contribution is -2.39. The number of hydrogen-bond donors (Lipinski definition) is 1. The Morgan fingerprint density at radius 3 is 2.21 bits per heavy atom. The van der Waals surface area contributed by atoms with Crippen molar-refractivity contribution >= 4 is 10.2 Å². The van der Waals surface area contributed by atoms with E-state index in [0.717, 1.165) is 0 Å². The molecule has 0 amide bonds. The second kappa shape index (κ2) is 3.79. The van der Waals surface area contributed by atoms with E-state index in [4.69, 9.17) is 0 Å². The molecule has 0 unspecified atom stereocenters. The van der Waals surface area contributed by atoms with Gasteiger partial charge in [0.25, 0.3) is 10.2 Å². The van der Waals surface area contributed by atoms with E-state index in [1.54, 1.807) is 0 Å². The van der Waals surface area contributed by atoms with Gasteiger partial charge in [-0.2, -0.15) is 12.7 Å². The molecule has 14 heavy (non-hydrogen) atoms. The van der Waals surface area contributed by atoms with Crippen LogP contribution < -0.4 is 4.72 Å². The van der Waals surface area contributed by atoms with Crippen LogP contribution in [0.2, 0.25) is 0 Å². The van der Waals surface area contributed by atoms with Crippen molar-refractivity contribution in [2.75, 3.05) is 19.6 Å². The molecule has 1 saturated heterocycles. The minimum Gasteiger partial charge on any atom is -0.202 e. The van der Waals surface area contributed by atoms with E-state index in [1.165, 1.54) is 4.31 Å². The smallest absolute Gasteiger partial charge is 0.202 e. The van der Waals surface area contributed by atoms with Gasteiger partial charge in [-0.15, -0.1) is 0 Å². The van der Waals surface area contributed by atoms with E-state index >= 15 is 0 Å². The van der Waals surface area contributed by atoms with Crippen LogP contribution in [-0.4, -0.2) is 32.4 Å². The molecule has 0 aromatic rings. The Morgan fingerprint density at radius 2 is 1.86 bits per heavy atom. The third-order valence-corrected chi connectivity index (χ3v) is 4.57. The van der Waals surface area contributed by atoms with Crippen LogP contribution in [0.4, 0.5) is 0 Å². The molecule has 0 bridgehead atoms. The summed E-state index contributed by atoms with van der Waals surface area (Å²) in [6, 6.07) is 0. The van der Waals surface area contributed by atoms with E-state index in [-0.39, 0.29) is 5.41 Å². The van der Waals surface area contributed by atoms with E-state index in [0.29, 0.717) is 25.6 Å². The van der Waals surface area contributed by atoms with E-state index in [2.05, 4.69) is 32.4 Å². The molecule has 4 nitrogen and oxygen atoms in total. The summed E-state index contributed by atoms with van der Waals surface area (Å²) in [7, 11) is -3.17. The highest BCUT2D eigenvalue weighted by atomic mass is 32.2. The summed E-state index contributed by atoms with van der Waals surface area (Å²) in [5.41, 5.74) is 0.00306. The normalized spacial score (nSPS) is 18.9. The second-order valence-corrected chi connectivity index (χ2v) is 6.62. The van der Waals surface area contributed by atoms with Crippen LogP contribution >= 0.6 is 0 Å². The Morgan fingerprint density at radius 1 is 1.36 bits per heavy atom. The lowest BCUT2D eigenvalue weighted by Gasteiger charge is -2.29. The summed E-state index contributed by atoms with van der Waals surface area (Å²) >= 11 is 0. The quantitative estimate of drug-likeness (QED) is 0.697. The standard InChI is InChI=1S/C9H20N2O2S/c1-8(2)9(3,4)7-10-14(12,13)11-5-6-11/h8,10H,5-7H2,1-4H3. The molecular weight excluding hydrogens is 200 g/mol. The minimum absolute atomic E-state index is 0.00306. The van der Waals surface area contributed by atoms with Gasteiger partial charge in [0.15, 0.2) is 0 Å². The van der Waals surface area contributed by atoms with Gasteiger partial charge in [0, 0.05) is 19.6 Å². The van der Waals surface area contributed by atoms with Crippen molar-refractivity contribution in [3.05, 3.63) is 0 Å². The molecule has 84 valence electrons. The highest BCUT2D eigenvalue weighted by molar-refractivity contribution is 7.87. The summed E-state index contributed by atoms with van der Waals surface area (Å²) in [5, 5.41) is 0. The van der Waals surface area contributed by atoms with Crippen molar-refractivity contribution in [1.82, 2.24) is 9.03 Å². The predicted octanol–water partition coefficient (Wildman–Crippen LogP) is 0.819. The lowest BCUT2D eigenvalue weighted by atomic mass is 9.81. The SMILES string of the molecule is CC(C)C(C)(C)CNS(=O)(=O)N1CC1. The largest absolute Gasteiger partial charge is 0.279 e. The van der Waals surface area contributed by atoms with Crippen LogP contribution in [0.5, 0.6) is 0 Å². The zero-order valence-electron chi connectivity index (χ0n) is 9.37. The first-order valence-electron chi connectivity index (χ1n) is 5.00. The maximum Gasteiger partial charge on any atom is 0.279 e. The number of nitrogens with one attached hydrogen (secondary N) is 1. The summed E-state index contributed by atoms with van der Waals surface area (Å²) < 4.78 is 27.0. The Kier molecular flexibility index (Phi) is 3.23. The van der Waals surface area contributed by atoms with Crippen LogP contribution in [0.1, 0.15) is 27.7 Å². The Labute approximate surface area is 86.9 Å². The fraction of sp³-hybridized carbons (Fsp3) is 1.00. The van der Waals surface area contributed by atoms with E-state index < -0.39 is 10.2 Å². The highest BCUT2D eigenvalue weighted by Crippen LogP contribution is 2.25. The van der Waals surface area contributed by atoms with Crippen molar-refractivity contribution in [2.45, 2.75) is 27.7 Å². The maximum absolute atomic E-state index is 11.5. The Hall–Kier alpha value is -0.130. The van der Waals surface area contributed by atoms with E-state index in [9.17, 15) is 8.42 Å². The third kappa shape index (κ3) is 2.93. The lowest BCUT2D eigenvalue weighted by molar-refractivity contribution is 0.251. The molecule has 1 heterocycles. The van der Waals surface area contributed by atoms with Gasteiger partial charge in [-0.05, 0) is 11.3 Å². The monoisotopic (exact) mass is 220 g/mol. The van der Waals surface area contributed by atoms with Crippen LogP contribution in [0, 0.1) is 11.3 Å². The first-order valence-corrected chi connectivity index (χ1v) is 6.44. The predicted molar refractivity (Wildman–Crippen MR) is 57.1 cm³/mol. The van der Waals surface area contributed by atoms with Crippen molar-refractivity contribution in [3.63, 3.8) is 0 Å². The average Bonchev–Trinajstić information content (AvgIpc) is 2.83. The van der Waals surface area contributed by atoms with Gasteiger partial charge in [-0.25, -0.2) is 4.72 Å². The first kappa shape index (κ1) is 11.9. The summed E-state index contributed by atoms with van der Waals surface area (Å²) in [5.74, 6) is 0.458. The number of rotatable bonds is 5. The molecule has 0 aliphatic carbocycles. The molecule has 0 saturated carbocycles. The first-order chi connectivity index (χ1) is 6.26. The fourth-order valence-corrected chi connectivity index (χ4v) is 2.15. The van der Waals surface area contributed by atoms with Crippen LogP contribution in [-0.2, 0) is 10.2 Å². The van der Waals surface area contributed by atoms with Crippen LogP contribution in [0.25, 0.3) is 0 Å². The molecule has 0 aromatic carbocycles. The molecule has 1 rings (SSSR count). The molecule has 1 fully saturated rings. The minimum atomic E-state index is -3.17. The van der Waals surface area contributed by atoms with Crippen molar-refractivity contribution in [3.8, 4) is 0 Å². The fourth-order valence-electron chi connectivity index (χ4n) is 0.854. The van der Waals surface area contributed by atoms with Gasteiger partial charge in [0.1, 0.15) is 0 Å². The molecular formula is C9H20N2O2S. The number of nitrogens with zero attached hydrogens (tertiary/aromatic N) is 1. The second-order valence-electron chi connectivity index (χ2n) is 4.87. The molecule has 0 aromatic heterocycles. The average molecular weight is 220 g/mol. The molecule has 5 heteroatoms. The Bertz CT molecular complexity index is 292. The third-order valence-electron chi connectivity index (χ3n) is 3.02. The molecule has 0 radical (unpaired) electrons. The van der Waals surface area contributed by atoms with Gasteiger partial charge in [0.2, 0.25) is 0 Å². The number of hydrogen-bond acceptors (Lipinski definition) is 2. The van der Waals surface area contributed by atoms with Crippen molar-refractivity contribution in [2.24, 2.45) is 11.3 Å². The van der Waals surface area contributed by atoms with Gasteiger partial charge in [0.05, 0.1) is 0 Å². The van der Waals surface area contributed by atoms with Crippen LogP contribution in [0.3, 0.4) is 0 Å². The summed E-state index contributed by atoms with van der Waals surface area (Å²) in [6.07, 6.45) is 0. The van der Waals surface area contributed by atoms with E-state index in [1.807, 2.05) is 0 Å². The maximum atomic E-state index is 11.5. The summed E-state index contributed by atoms with van der Waals surface area (Å²) in [4.78, 5) is 0. The van der Waals surface area contributed by atoms with Gasteiger partial charge >= 0.3 is 0 Å². The zero-order chi connectivity index (χ0) is 11.0. The molecule has 1 N–H and O–H groups in total. The van der Waals surface area contributed by atoms with Crippen molar-refractivity contribution in [1.29, 1.82) is 0 Å². The van der Waals surface area contributed by atoms with Gasteiger partial charge < -0.3 is 0 Å². The molecule has 0 spiro atoms. The molecule has 0 atom stereocenters. The zero-order valence-corrected chi connectivity index (χ0v) is 10.2. The Balaban J connectivity index is 2.47. The topological polar surface area (TPSA) is 49.2 Å². The van der Waals surface area contributed by atoms with Gasteiger partial charge in [-0.3, -0.25) is 0 Å². The highest BCUT2D eigenvalue weighted by Gasteiger charge is 2.33. The summed E-state index contributed by atoms with van der Waals surface area (Å²) in [6.45, 7) is 10.2. The molecule has 1 aliphatic heterocycles. The van der Waals surface area contributed by atoms with Crippen LogP contribution in [0.15, 0.2) is 0 Å².